The summed E-state index contributed by atoms with van der Waals surface area (Å²) in [7, 11) is 0. The van der Waals surface area contributed by atoms with Crippen LogP contribution in [0.25, 0.3) is 5.69 Å². The smallest absolute Gasteiger partial charge is 0.113 e. The highest BCUT2D eigenvalue weighted by atomic mass is 35.5. The van der Waals surface area contributed by atoms with Crippen LogP contribution in [-0.2, 0) is 6.54 Å². The minimum absolute atomic E-state index is 0.671. The summed E-state index contributed by atoms with van der Waals surface area (Å²) in [4.78, 5) is 8.26. The first-order valence-electron chi connectivity index (χ1n) is 5.74. The van der Waals surface area contributed by atoms with Crippen molar-refractivity contribution in [2.45, 2.75) is 6.54 Å². The van der Waals surface area contributed by atoms with E-state index in [1.54, 1.807) is 18.7 Å². The van der Waals surface area contributed by atoms with E-state index >= 15 is 0 Å². The van der Waals surface area contributed by atoms with Crippen LogP contribution in [0.2, 0.25) is 4.34 Å². The normalized spacial score (nSPS) is 10.6. The van der Waals surface area contributed by atoms with Gasteiger partial charge in [-0.1, -0.05) is 17.7 Å². The summed E-state index contributed by atoms with van der Waals surface area (Å²) in [5.74, 6) is 0. The highest BCUT2D eigenvalue weighted by molar-refractivity contribution is 7.15. The van der Waals surface area contributed by atoms with Gasteiger partial charge in [-0.25, -0.2) is 9.97 Å². The highest BCUT2D eigenvalue weighted by Gasteiger charge is 2.01. The Labute approximate surface area is 119 Å². The molecule has 0 aliphatic heterocycles. The number of thiazole rings is 1. The molecule has 0 saturated heterocycles. The van der Waals surface area contributed by atoms with E-state index < -0.39 is 0 Å². The molecular weight excluding hydrogens is 280 g/mol. The molecule has 4 nitrogen and oxygen atoms in total. The molecule has 0 fully saturated rings. The fraction of sp³-hybridized carbons (Fsp3) is 0.0769. The Hall–Kier alpha value is -1.85. The summed E-state index contributed by atoms with van der Waals surface area (Å²) >= 11 is 7.34. The SMILES string of the molecule is Clc1cnc(CNc2cccc(-n3ccnc3)c2)s1. The third-order valence-corrected chi connectivity index (χ3v) is 3.73. The predicted octanol–water partition coefficient (Wildman–Crippen LogP) is 3.59. The molecule has 19 heavy (non-hydrogen) atoms. The Bertz CT molecular complexity index is 663. The van der Waals surface area contributed by atoms with Gasteiger partial charge in [0.2, 0.25) is 0 Å². The Balaban J connectivity index is 1.73. The molecular formula is C13H11ClN4S. The Kier molecular flexibility index (Phi) is 3.48. The topological polar surface area (TPSA) is 42.7 Å². The van der Waals surface area contributed by atoms with Crippen molar-refractivity contribution in [3.05, 3.63) is 58.5 Å². The van der Waals surface area contributed by atoms with Gasteiger partial charge in [-0.2, -0.15) is 0 Å². The number of nitrogens with one attached hydrogen (secondary N) is 1. The van der Waals surface area contributed by atoms with E-state index in [4.69, 9.17) is 11.6 Å². The van der Waals surface area contributed by atoms with Crippen molar-refractivity contribution < 1.29 is 0 Å². The second kappa shape index (κ2) is 5.42. The molecule has 2 aromatic heterocycles. The van der Waals surface area contributed by atoms with Crippen molar-refractivity contribution >= 4 is 28.6 Å². The van der Waals surface area contributed by atoms with Crippen LogP contribution >= 0.6 is 22.9 Å². The fourth-order valence-electron chi connectivity index (χ4n) is 1.74. The minimum atomic E-state index is 0.671. The molecule has 0 saturated carbocycles. The van der Waals surface area contributed by atoms with Crippen molar-refractivity contribution in [1.82, 2.24) is 14.5 Å². The lowest BCUT2D eigenvalue weighted by molar-refractivity contribution is 1.05. The molecule has 0 amide bonds. The zero-order valence-electron chi connectivity index (χ0n) is 9.95. The van der Waals surface area contributed by atoms with Gasteiger partial charge in [-0.3, -0.25) is 0 Å². The second-order valence-electron chi connectivity index (χ2n) is 3.93. The summed E-state index contributed by atoms with van der Waals surface area (Å²) in [5.41, 5.74) is 2.11. The first-order valence-corrected chi connectivity index (χ1v) is 6.93. The Morgan fingerprint density at radius 2 is 2.32 bits per heavy atom. The van der Waals surface area contributed by atoms with Gasteiger partial charge < -0.3 is 9.88 Å². The van der Waals surface area contributed by atoms with Crippen LogP contribution in [0.5, 0.6) is 0 Å². The van der Waals surface area contributed by atoms with Crippen molar-refractivity contribution in [3.63, 3.8) is 0 Å². The largest absolute Gasteiger partial charge is 0.378 e. The standard InChI is InChI=1S/C13H11ClN4S/c14-12-7-17-13(19-12)8-16-10-2-1-3-11(6-10)18-5-4-15-9-18/h1-7,9,16H,8H2. The van der Waals surface area contributed by atoms with Crippen molar-refractivity contribution in [2.75, 3.05) is 5.32 Å². The number of anilines is 1. The molecule has 0 spiro atoms. The van der Waals surface area contributed by atoms with Gasteiger partial charge in [-0.15, -0.1) is 11.3 Å². The van der Waals surface area contributed by atoms with E-state index in [1.807, 2.05) is 29.0 Å². The van der Waals surface area contributed by atoms with Gasteiger partial charge in [0.25, 0.3) is 0 Å². The number of hydrogen-bond donors (Lipinski definition) is 1. The molecule has 0 atom stereocenters. The molecule has 3 aromatic rings. The molecule has 0 bridgehead atoms. The number of imidazole rings is 1. The van der Waals surface area contributed by atoms with E-state index in [2.05, 4.69) is 21.4 Å². The average molecular weight is 291 g/mol. The first-order chi connectivity index (χ1) is 9.31. The Morgan fingerprint density at radius 3 is 3.05 bits per heavy atom. The summed E-state index contributed by atoms with van der Waals surface area (Å²) in [6.45, 7) is 0.671. The monoisotopic (exact) mass is 290 g/mol. The van der Waals surface area contributed by atoms with E-state index in [0.717, 1.165) is 16.4 Å². The van der Waals surface area contributed by atoms with Crippen LogP contribution in [0.15, 0.2) is 49.2 Å². The second-order valence-corrected chi connectivity index (χ2v) is 5.68. The zero-order chi connectivity index (χ0) is 13.1. The average Bonchev–Trinajstić information content (AvgIpc) is 3.08. The quantitative estimate of drug-likeness (QED) is 0.798. The number of aromatic nitrogens is 3. The lowest BCUT2D eigenvalue weighted by Gasteiger charge is -2.07. The maximum Gasteiger partial charge on any atom is 0.113 e. The number of halogens is 1. The maximum absolute atomic E-state index is 5.85. The molecule has 0 radical (unpaired) electrons. The molecule has 0 aliphatic carbocycles. The fourth-order valence-corrected chi connectivity index (χ4v) is 2.63. The van der Waals surface area contributed by atoms with Gasteiger partial charge in [-0.05, 0) is 18.2 Å². The van der Waals surface area contributed by atoms with E-state index in [0.29, 0.717) is 10.9 Å². The predicted molar refractivity (Wildman–Crippen MR) is 78.0 cm³/mol. The molecule has 3 rings (SSSR count). The molecule has 0 unspecified atom stereocenters. The molecule has 96 valence electrons. The summed E-state index contributed by atoms with van der Waals surface area (Å²) < 4.78 is 2.68. The van der Waals surface area contributed by atoms with Crippen molar-refractivity contribution in [3.8, 4) is 5.69 Å². The molecule has 1 aromatic carbocycles. The van der Waals surface area contributed by atoms with Crippen LogP contribution in [0.4, 0.5) is 5.69 Å². The van der Waals surface area contributed by atoms with Crippen molar-refractivity contribution in [2.24, 2.45) is 0 Å². The van der Waals surface area contributed by atoms with Crippen LogP contribution in [-0.4, -0.2) is 14.5 Å². The first kappa shape index (κ1) is 12.2. The van der Waals surface area contributed by atoms with Crippen LogP contribution in [0.1, 0.15) is 5.01 Å². The number of benzene rings is 1. The lowest BCUT2D eigenvalue weighted by Crippen LogP contribution is -1.99. The van der Waals surface area contributed by atoms with E-state index in [9.17, 15) is 0 Å². The number of rotatable bonds is 4. The zero-order valence-corrected chi connectivity index (χ0v) is 11.5. The third-order valence-electron chi connectivity index (χ3n) is 2.62. The molecule has 6 heteroatoms. The lowest BCUT2D eigenvalue weighted by atomic mass is 10.2. The molecule has 1 N–H and O–H groups in total. The van der Waals surface area contributed by atoms with Gasteiger partial charge in [0, 0.05) is 23.8 Å². The number of nitrogens with zero attached hydrogens (tertiary/aromatic N) is 3. The molecule has 2 heterocycles. The minimum Gasteiger partial charge on any atom is -0.378 e. The van der Waals surface area contributed by atoms with Gasteiger partial charge >= 0.3 is 0 Å². The summed E-state index contributed by atoms with van der Waals surface area (Å²) in [6.07, 6.45) is 7.13. The van der Waals surface area contributed by atoms with Crippen LogP contribution in [0, 0.1) is 0 Å². The highest BCUT2D eigenvalue weighted by Crippen LogP contribution is 2.20. The van der Waals surface area contributed by atoms with Gasteiger partial charge in [0.15, 0.2) is 0 Å². The third kappa shape index (κ3) is 2.94. The van der Waals surface area contributed by atoms with Crippen LogP contribution in [0.3, 0.4) is 0 Å². The molecule has 0 aliphatic rings. The summed E-state index contributed by atoms with van der Waals surface area (Å²) in [5, 5.41) is 4.30. The van der Waals surface area contributed by atoms with Gasteiger partial charge in [0.1, 0.15) is 9.34 Å². The van der Waals surface area contributed by atoms with Gasteiger partial charge in [0.05, 0.1) is 19.1 Å². The van der Waals surface area contributed by atoms with Crippen molar-refractivity contribution in [1.29, 1.82) is 0 Å². The number of hydrogen-bond acceptors (Lipinski definition) is 4. The van der Waals surface area contributed by atoms with Crippen LogP contribution < -0.4 is 5.32 Å². The Morgan fingerprint density at radius 1 is 1.37 bits per heavy atom. The summed E-state index contributed by atoms with van der Waals surface area (Å²) in [6, 6.07) is 8.13. The maximum atomic E-state index is 5.85. The van der Waals surface area contributed by atoms with E-state index in [-0.39, 0.29) is 0 Å². The van der Waals surface area contributed by atoms with E-state index in [1.165, 1.54) is 11.3 Å².